The number of nitrogens with zero attached hydrogens (tertiary/aromatic N) is 3. The monoisotopic (exact) mass is 316 g/mol. The van der Waals surface area contributed by atoms with Gasteiger partial charge in [-0.15, -0.1) is 0 Å². The van der Waals surface area contributed by atoms with Gasteiger partial charge in [-0.1, -0.05) is 25.1 Å². The normalized spacial score (nSPS) is 15.8. The maximum absolute atomic E-state index is 11.6. The lowest BCUT2D eigenvalue weighted by Gasteiger charge is -2.16. The number of carbonyl (C=O) groups is 1. The van der Waals surface area contributed by atoms with Gasteiger partial charge >= 0.3 is 6.09 Å². The molecule has 122 valence electrons. The first-order chi connectivity index (χ1) is 11.0. The summed E-state index contributed by atoms with van der Waals surface area (Å²) in [6.07, 6.45) is -0.311. The van der Waals surface area contributed by atoms with Crippen LogP contribution in [0.25, 0.3) is 0 Å². The maximum Gasteiger partial charge on any atom is 0.414 e. The van der Waals surface area contributed by atoms with Crippen LogP contribution in [0, 0.1) is 0 Å². The number of anilines is 2. The van der Waals surface area contributed by atoms with E-state index < -0.39 is 0 Å². The molecule has 1 N–H and O–H groups in total. The molecule has 2 aromatic rings. The Kier molecular flexibility index (Phi) is 4.18. The highest BCUT2D eigenvalue weighted by atomic mass is 16.6. The minimum Gasteiger partial charge on any atom is -0.447 e. The fourth-order valence-electron chi connectivity index (χ4n) is 2.36. The molecule has 7 heteroatoms. The lowest BCUT2D eigenvalue weighted by Crippen LogP contribution is -2.23. The number of carbonyl (C=O) groups excluding carboxylic acids is 1. The number of benzene rings is 1. The van der Waals surface area contributed by atoms with Gasteiger partial charge in [-0.2, -0.15) is 4.98 Å². The van der Waals surface area contributed by atoms with E-state index in [4.69, 9.17) is 9.26 Å². The molecule has 2 heterocycles. The van der Waals surface area contributed by atoms with Crippen molar-refractivity contribution in [3.8, 4) is 0 Å². The van der Waals surface area contributed by atoms with Crippen molar-refractivity contribution in [2.75, 3.05) is 23.4 Å². The second-order valence-corrected chi connectivity index (χ2v) is 5.83. The number of nitrogens with one attached hydrogen (secondary N) is 1. The smallest absolute Gasteiger partial charge is 0.414 e. The van der Waals surface area contributed by atoms with E-state index in [1.165, 1.54) is 0 Å². The summed E-state index contributed by atoms with van der Waals surface area (Å²) < 4.78 is 10.3. The standard InChI is InChI=1S/C16H20N4O3/c1-10(2)14-18-15(23-19-14)11(3)17-12-5-4-6-13(9-12)20-7-8-22-16(20)21/h4-6,9-11,17H,7-8H2,1-3H3/t11-/m0/s1. The first-order valence-electron chi connectivity index (χ1n) is 7.69. The van der Waals surface area contributed by atoms with Crippen LogP contribution in [0.2, 0.25) is 0 Å². The summed E-state index contributed by atoms with van der Waals surface area (Å²) >= 11 is 0. The Bertz CT molecular complexity index is 698. The summed E-state index contributed by atoms with van der Waals surface area (Å²) in [6.45, 7) is 6.98. The molecule has 23 heavy (non-hydrogen) atoms. The van der Waals surface area contributed by atoms with Crippen LogP contribution in [0.4, 0.5) is 16.2 Å². The lowest BCUT2D eigenvalue weighted by atomic mass is 10.2. The van der Waals surface area contributed by atoms with Gasteiger partial charge in [-0.05, 0) is 25.1 Å². The predicted molar refractivity (Wildman–Crippen MR) is 85.6 cm³/mol. The quantitative estimate of drug-likeness (QED) is 0.911. The van der Waals surface area contributed by atoms with Gasteiger partial charge < -0.3 is 14.6 Å². The van der Waals surface area contributed by atoms with Crippen LogP contribution in [-0.2, 0) is 4.74 Å². The van der Waals surface area contributed by atoms with Crippen molar-refractivity contribution in [3.05, 3.63) is 36.0 Å². The molecule has 1 atom stereocenters. The Morgan fingerprint density at radius 3 is 2.78 bits per heavy atom. The minimum absolute atomic E-state index is 0.129. The third-order valence-electron chi connectivity index (χ3n) is 3.65. The van der Waals surface area contributed by atoms with E-state index in [0.29, 0.717) is 24.9 Å². The number of rotatable bonds is 5. The molecule has 0 bridgehead atoms. The minimum atomic E-state index is -0.311. The van der Waals surface area contributed by atoms with Crippen LogP contribution in [0.15, 0.2) is 28.8 Å². The van der Waals surface area contributed by atoms with E-state index in [1.807, 2.05) is 45.0 Å². The van der Waals surface area contributed by atoms with Crippen molar-refractivity contribution in [2.45, 2.75) is 32.7 Å². The summed E-state index contributed by atoms with van der Waals surface area (Å²) in [6, 6.07) is 7.48. The van der Waals surface area contributed by atoms with Gasteiger partial charge in [0.15, 0.2) is 5.82 Å². The molecule has 1 aromatic heterocycles. The highest BCUT2D eigenvalue weighted by Crippen LogP contribution is 2.25. The van der Waals surface area contributed by atoms with Crippen LogP contribution in [-0.4, -0.2) is 29.4 Å². The molecule has 3 rings (SSSR count). The summed E-state index contributed by atoms with van der Waals surface area (Å²) in [5.74, 6) is 1.46. The fraction of sp³-hybridized carbons (Fsp3) is 0.438. The molecular weight excluding hydrogens is 296 g/mol. The molecule has 7 nitrogen and oxygen atoms in total. The van der Waals surface area contributed by atoms with Crippen LogP contribution < -0.4 is 10.2 Å². The molecule has 0 spiro atoms. The Balaban J connectivity index is 1.73. The number of cyclic esters (lactones) is 1. The zero-order chi connectivity index (χ0) is 16.4. The fourth-order valence-corrected chi connectivity index (χ4v) is 2.36. The van der Waals surface area contributed by atoms with E-state index in [9.17, 15) is 4.79 Å². The van der Waals surface area contributed by atoms with Gasteiger partial charge in [-0.25, -0.2) is 4.79 Å². The number of amides is 1. The number of aromatic nitrogens is 2. The second-order valence-electron chi connectivity index (χ2n) is 5.83. The van der Waals surface area contributed by atoms with Crippen molar-refractivity contribution in [1.82, 2.24) is 10.1 Å². The summed E-state index contributed by atoms with van der Waals surface area (Å²) in [5, 5.41) is 7.29. The third kappa shape index (κ3) is 3.28. The molecule has 1 fully saturated rings. The molecule has 1 aliphatic heterocycles. The largest absolute Gasteiger partial charge is 0.447 e. The molecular formula is C16H20N4O3. The zero-order valence-corrected chi connectivity index (χ0v) is 13.4. The molecule has 1 saturated heterocycles. The Hall–Kier alpha value is -2.57. The van der Waals surface area contributed by atoms with Crippen LogP contribution in [0.5, 0.6) is 0 Å². The number of hydrogen-bond acceptors (Lipinski definition) is 6. The molecule has 0 saturated carbocycles. The van der Waals surface area contributed by atoms with Crippen molar-refractivity contribution in [3.63, 3.8) is 0 Å². The summed E-state index contributed by atoms with van der Waals surface area (Å²) in [5.41, 5.74) is 1.68. The van der Waals surface area contributed by atoms with E-state index in [-0.39, 0.29) is 18.1 Å². The third-order valence-corrected chi connectivity index (χ3v) is 3.65. The first-order valence-corrected chi connectivity index (χ1v) is 7.69. The van der Waals surface area contributed by atoms with Gasteiger partial charge in [0.2, 0.25) is 5.89 Å². The summed E-state index contributed by atoms with van der Waals surface area (Å²) in [4.78, 5) is 17.6. The highest BCUT2D eigenvalue weighted by Gasteiger charge is 2.24. The lowest BCUT2D eigenvalue weighted by molar-refractivity contribution is 0.181. The first kappa shape index (κ1) is 15.3. The van der Waals surface area contributed by atoms with Crippen LogP contribution in [0.1, 0.15) is 44.4 Å². The highest BCUT2D eigenvalue weighted by molar-refractivity contribution is 5.89. The maximum atomic E-state index is 11.6. The molecule has 0 aliphatic carbocycles. The molecule has 1 amide bonds. The van der Waals surface area contributed by atoms with Crippen molar-refractivity contribution >= 4 is 17.5 Å². The topological polar surface area (TPSA) is 80.5 Å². The Labute approximate surface area is 134 Å². The second kappa shape index (κ2) is 6.28. The van der Waals surface area contributed by atoms with Crippen molar-refractivity contribution < 1.29 is 14.1 Å². The van der Waals surface area contributed by atoms with Crippen LogP contribution >= 0.6 is 0 Å². The van der Waals surface area contributed by atoms with E-state index >= 15 is 0 Å². The summed E-state index contributed by atoms with van der Waals surface area (Å²) in [7, 11) is 0. The average molecular weight is 316 g/mol. The Morgan fingerprint density at radius 1 is 1.30 bits per heavy atom. The van der Waals surface area contributed by atoms with E-state index in [1.54, 1.807) is 4.90 Å². The van der Waals surface area contributed by atoms with Crippen LogP contribution in [0.3, 0.4) is 0 Å². The van der Waals surface area contributed by atoms with E-state index in [0.717, 1.165) is 11.4 Å². The Morgan fingerprint density at radius 2 is 2.13 bits per heavy atom. The van der Waals surface area contributed by atoms with Crippen molar-refractivity contribution in [1.29, 1.82) is 0 Å². The van der Waals surface area contributed by atoms with Gasteiger partial charge in [0.25, 0.3) is 0 Å². The molecule has 0 radical (unpaired) electrons. The van der Waals surface area contributed by atoms with Gasteiger partial charge in [-0.3, -0.25) is 4.90 Å². The zero-order valence-electron chi connectivity index (χ0n) is 13.4. The SMILES string of the molecule is CC(C)c1noc([C@H](C)Nc2cccc(N3CCOC3=O)c2)n1. The molecule has 0 unspecified atom stereocenters. The van der Waals surface area contributed by atoms with E-state index in [2.05, 4.69) is 15.5 Å². The number of ether oxygens (including phenoxy) is 1. The van der Waals surface area contributed by atoms with Gasteiger partial charge in [0.1, 0.15) is 12.6 Å². The predicted octanol–water partition coefficient (Wildman–Crippen LogP) is 3.32. The average Bonchev–Trinajstić information content (AvgIpc) is 3.16. The van der Waals surface area contributed by atoms with Gasteiger partial charge in [0.05, 0.1) is 6.54 Å². The van der Waals surface area contributed by atoms with Gasteiger partial charge in [0, 0.05) is 17.3 Å². The number of hydrogen-bond donors (Lipinski definition) is 1. The molecule has 1 aromatic carbocycles. The van der Waals surface area contributed by atoms with Crippen molar-refractivity contribution in [2.24, 2.45) is 0 Å². The molecule has 1 aliphatic rings.